The Morgan fingerprint density at radius 2 is 2.05 bits per heavy atom. The molecule has 0 amide bonds. The predicted octanol–water partition coefficient (Wildman–Crippen LogP) is 2.41. The molecule has 0 aromatic carbocycles. The molecule has 0 aliphatic carbocycles. The first kappa shape index (κ1) is 17.0. The van der Waals surface area contributed by atoms with Crippen LogP contribution in [0, 0.1) is 0 Å². The number of hydrogen-bond donors (Lipinski definition) is 2. The number of thioether (sulfide) groups is 1. The molecular weight excluding hydrogens is 300 g/mol. The topological polar surface area (TPSA) is 72.2 Å². The van der Waals surface area contributed by atoms with Gasteiger partial charge in [-0.3, -0.25) is 0 Å². The molecule has 110 valence electrons. The minimum Gasteiger partial charge on any atom is -0.326 e. The Morgan fingerprint density at radius 1 is 1.42 bits per heavy atom. The summed E-state index contributed by atoms with van der Waals surface area (Å²) in [6.45, 7) is 5.01. The maximum atomic E-state index is 12.2. The highest BCUT2D eigenvalue weighted by Gasteiger charge is 2.27. The van der Waals surface area contributed by atoms with E-state index in [0.29, 0.717) is 18.0 Å². The van der Waals surface area contributed by atoms with Crippen LogP contribution in [0.3, 0.4) is 0 Å². The molecule has 0 atom stereocenters. The summed E-state index contributed by atoms with van der Waals surface area (Å²) in [6, 6.07) is 1.64. The van der Waals surface area contributed by atoms with E-state index in [9.17, 15) is 8.42 Å². The van der Waals surface area contributed by atoms with Gasteiger partial charge in [0.05, 0.1) is 4.90 Å². The van der Waals surface area contributed by atoms with Crippen LogP contribution < -0.4 is 10.5 Å². The standard InChI is InChI=1S/C12H22N2O2S3/c1-4-12(5-2,17-3)9-14-19(15,16)11-6-10(7-13)18-8-11/h6,8,14H,4-5,7,9,13H2,1-3H3. The molecule has 0 radical (unpaired) electrons. The molecule has 7 heteroatoms. The van der Waals surface area contributed by atoms with Crippen molar-refractivity contribution in [2.24, 2.45) is 5.73 Å². The molecule has 0 aliphatic rings. The van der Waals surface area contributed by atoms with Gasteiger partial charge in [0.1, 0.15) is 0 Å². The first-order valence-electron chi connectivity index (χ1n) is 6.25. The van der Waals surface area contributed by atoms with Crippen molar-refractivity contribution < 1.29 is 8.42 Å². The van der Waals surface area contributed by atoms with Crippen LogP contribution in [0.5, 0.6) is 0 Å². The van der Waals surface area contributed by atoms with Gasteiger partial charge in [-0.05, 0) is 25.2 Å². The third-order valence-corrected chi connectivity index (χ3v) is 7.52. The summed E-state index contributed by atoms with van der Waals surface area (Å²) in [5.74, 6) is 0. The zero-order valence-electron chi connectivity index (χ0n) is 11.6. The van der Waals surface area contributed by atoms with Crippen LogP contribution in [0.1, 0.15) is 31.6 Å². The zero-order chi connectivity index (χ0) is 14.5. The molecule has 1 heterocycles. The number of nitrogens with one attached hydrogen (secondary N) is 1. The number of sulfonamides is 1. The summed E-state index contributed by atoms with van der Waals surface area (Å²) in [6.07, 6.45) is 3.90. The van der Waals surface area contributed by atoms with Gasteiger partial charge in [0.2, 0.25) is 10.0 Å². The van der Waals surface area contributed by atoms with Gasteiger partial charge in [-0.1, -0.05) is 13.8 Å². The maximum Gasteiger partial charge on any atom is 0.241 e. The zero-order valence-corrected chi connectivity index (χ0v) is 14.1. The summed E-state index contributed by atoms with van der Waals surface area (Å²) >= 11 is 3.10. The van der Waals surface area contributed by atoms with Gasteiger partial charge in [0.25, 0.3) is 0 Å². The van der Waals surface area contributed by atoms with Crippen LogP contribution in [-0.2, 0) is 16.6 Å². The highest BCUT2D eigenvalue weighted by molar-refractivity contribution is 8.00. The van der Waals surface area contributed by atoms with Crippen LogP contribution in [0.2, 0.25) is 0 Å². The fourth-order valence-electron chi connectivity index (χ4n) is 1.78. The van der Waals surface area contributed by atoms with Crippen molar-refractivity contribution >= 4 is 33.1 Å². The molecule has 1 rings (SSSR count). The molecule has 0 saturated heterocycles. The van der Waals surface area contributed by atoms with E-state index in [2.05, 4.69) is 18.6 Å². The van der Waals surface area contributed by atoms with Crippen molar-refractivity contribution in [1.82, 2.24) is 4.72 Å². The Labute approximate surface area is 124 Å². The Bertz CT molecular complexity index is 485. The lowest BCUT2D eigenvalue weighted by Crippen LogP contribution is -2.39. The van der Waals surface area contributed by atoms with Crippen molar-refractivity contribution in [3.8, 4) is 0 Å². The summed E-state index contributed by atoms with van der Waals surface area (Å²) in [5, 5.41) is 1.64. The third kappa shape index (κ3) is 4.19. The highest BCUT2D eigenvalue weighted by Crippen LogP contribution is 2.30. The SMILES string of the molecule is CCC(CC)(CNS(=O)(=O)c1csc(CN)c1)SC. The second-order valence-corrected chi connectivity index (χ2v) is 8.41. The summed E-state index contributed by atoms with van der Waals surface area (Å²) < 4.78 is 27.1. The lowest BCUT2D eigenvalue weighted by Gasteiger charge is -2.29. The molecule has 0 spiro atoms. The molecule has 0 unspecified atom stereocenters. The molecule has 4 nitrogen and oxygen atoms in total. The summed E-state index contributed by atoms with van der Waals surface area (Å²) in [5.41, 5.74) is 5.51. The third-order valence-electron chi connectivity index (χ3n) is 3.45. The van der Waals surface area contributed by atoms with E-state index in [1.54, 1.807) is 23.2 Å². The van der Waals surface area contributed by atoms with E-state index in [-0.39, 0.29) is 4.75 Å². The Hall–Kier alpha value is -0.0800. The van der Waals surface area contributed by atoms with E-state index < -0.39 is 10.0 Å². The quantitative estimate of drug-likeness (QED) is 0.771. The largest absolute Gasteiger partial charge is 0.326 e. The van der Waals surface area contributed by atoms with E-state index in [1.165, 1.54) is 11.3 Å². The number of thiophene rings is 1. The first-order chi connectivity index (χ1) is 8.93. The van der Waals surface area contributed by atoms with Gasteiger partial charge in [0, 0.05) is 28.1 Å². The van der Waals surface area contributed by atoms with Crippen LogP contribution in [0.25, 0.3) is 0 Å². The second-order valence-electron chi connectivity index (χ2n) is 4.37. The second kappa shape index (κ2) is 7.08. The van der Waals surface area contributed by atoms with Crippen LogP contribution in [0.4, 0.5) is 0 Å². The smallest absolute Gasteiger partial charge is 0.241 e. The predicted molar refractivity (Wildman–Crippen MR) is 84.2 cm³/mol. The van der Waals surface area contributed by atoms with Crippen LogP contribution in [0.15, 0.2) is 16.3 Å². The minimum absolute atomic E-state index is 0.0280. The molecule has 1 aromatic heterocycles. The molecule has 0 bridgehead atoms. The van der Waals surface area contributed by atoms with Crippen molar-refractivity contribution in [2.45, 2.75) is 42.9 Å². The van der Waals surface area contributed by atoms with E-state index >= 15 is 0 Å². The Kier molecular flexibility index (Phi) is 6.32. The van der Waals surface area contributed by atoms with E-state index in [0.717, 1.165) is 17.7 Å². The monoisotopic (exact) mass is 322 g/mol. The lowest BCUT2D eigenvalue weighted by atomic mass is 10.0. The van der Waals surface area contributed by atoms with Gasteiger partial charge in [0.15, 0.2) is 0 Å². The highest BCUT2D eigenvalue weighted by atomic mass is 32.2. The van der Waals surface area contributed by atoms with Gasteiger partial charge in [-0.2, -0.15) is 11.8 Å². The van der Waals surface area contributed by atoms with E-state index in [4.69, 9.17) is 5.73 Å². The van der Waals surface area contributed by atoms with Crippen molar-refractivity contribution in [3.63, 3.8) is 0 Å². The normalized spacial score (nSPS) is 12.8. The van der Waals surface area contributed by atoms with Gasteiger partial charge >= 0.3 is 0 Å². The van der Waals surface area contributed by atoms with Crippen LogP contribution >= 0.6 is 23.1 Å². The molecule has 3 N–H and O–H groups in total. The average molecular weight is 323 g/mol. The molecule has 1 aromatic rings. The Balaban J connectivity index is 2.80. The molecular formula is C12H22N2O2S3. The van der Waals surface area contributed by atoms with Gasteiger partial charge < -0.3 is 5.73 Å². The fourth-order valence-corrected chi connectivity index (χ4v) is 4.95. The van der Waals surface area contributed by atoms with Crippen molar-refractivity contribution in [3.05, 3.63) is 16.3 Å². The van der Waals surface area contributed by atoms with Gasteiger partial charge in [-0.15, -0.1) is 11.3 Å². The number of hydrogen-bond acceptors (Lipinski definition) is 5. The molecule has 0 aliphatic heterocycles. The number of nitrogens with two attached hydrogens (primary N) is 1. The minimum atomic E-state index is -3.42. The Morgan fingerprint density at radius 3 is 2.47 bits per heavy atom. The van der Waals surface area contributed by atoms with Crippen LogP contribution in [-0.4, -0.2) is 26.0 Å². The fraction of sp³-hybridized carbons (Fsp3) is 0.667. The first-order valence-corrected chi connectivity index (χ1v) is 9.84. The average Bonchev–Trinajstić information content (AvgIpc) is 2.90. The summed E-state index contributed by atoms with van der Waals surface area (Å²) in [7, 11) is -3.42. The molecule has 19 heavy (non-hydrogen) atoms. The summed E-state index contributed by atoms with van der Waals surface area (Å²) in [4.78, 5) is 1.20. The van der Waals surface area contributed by atoms with Crippen molar-refractivity contribution in [1.29, 1.82) is 0 Å². The van der Waals surface area contributed by atoms with Crippen molar-refractivity contribution in [2.75, 3.05) is 12.8 Å². The lowest BCUT2D eigenvalue weighted by molar-refractivity contribution is 0.522. The maximum absolute atomic E-state index is 12.2. The van der Waals surface area contributed by atoms with E-state index in [1.807, 2.05) is 6.26 Å². The number of rotatable bonds is 8. The molecule has 0 saturated carbocycles. The molecule has 0 fully saturated rings. The van der Waals surface area contributed by atoms with Gasteiger partial charge in [-0.25, -0.2) is 13.1 Å².